The van der Waals surface area contributed by atoms with Crippen LogP contribution in [0.25, 0.3) is 0 Å². The Morgan fingerprint density at radius 2 is 1.94 bits per heavy atom. The van der Waals surface area contributed by atoms with E-state index in [-0.39, 0.29) is 0 Å². The molecule has 1 fully saturated rings. The van der Waals surface area contributed by atoms with E-state index in [1.54, 1.807) is 0 Å². The zero-order chi connectivity index (χ0) is 11.8. The van der Waals surface area contributed by atoms with E-state index in [2.05, 4.69) is 18.7 Å². The maximum atomic E-state index is 5.93. The number of rotatable bonds is 7. The third kappa shape index (κ3) is 5.31. The number of piperidine rings is 1. The third-order valence-electron chi connectivity index (χ3n) is 3.98. The minimum absolute atomic E-state index is 0.428. The quantitative estimate of drug-likeness (QED) is 0.723. The normalized spacial score (nSPS) is 21.2. The molecule has 1 unspecified atom stereocenters. The molecule has 16 heavy (non-hydrogen) atoms. The molecule has 1 atom stereocenters. The van der Waals surface area contributed by atoms with Crippen LogP contribution in [0.15, 0.2) is 0 Å². The van der Waals surface area contributed by atoms with Crippen molar-refractivity contribution >= 4 is 0 Å². The van der Waals surface area contributed by atoms with Crippen LogP contribution in [-0.2, 0) is 0 Å². The fourth-order valence-electron chi connectivity index (χ4n) is 2.69. The molecule has 0 saturated carbocycles. The summed E-state index contributed by atoms with van der Waals surface area (Å²) in [6.07, 6.45) is 9.25. The summed E-state index contributed by atoms with van der Waals surface area (Å²) in [4.78, 5) is 2.63. The van der Waals surface area contributed by atoms with Crippen molar-refractivity contribution in [3.8, 4) is 0 Å². The molecule has 1 saturated heterocycles. The van der Waals surface area contributed by atoms with Gasteiger partial charge >= 0.3 is 0 Å². The summed E-state index contributed by atoms with van der Waals surface area (Å²) in [6.45, 7) is 8.41. The molecule has 2 heteroatoms. The molecule has 0 aromatic heterocycles. The average molecular weight is 226 g/mol. The smallest absolute Gasteiger partial charge is 0.00366 e. The van der Waals surface area contributed by atoms with Gasteiger partial charge in [-0.15, -0.1) is 0 Å². The summed E-state index contributed by atoms with van der Waals surface area (Å²) in [6, 6.07) is 0.428. The van der Waals surface area contributed by atoms with E-state index in [1.807, 2.05) is 0 Å². The Bertz CT molecular complexity index is 162. The van der Waals surface area contributed by atoms with Crippen molar-refractivity contribution in [3.63, 3.8) is 0 Å². The monoisotopic (exact) mass is 226 g/mol. The van der Waals surface area contributed by atoms with Gasteiger partial charge in [0.15, 0.2) is 0 Å². The molecule has 96 valence electrons. The number of hydrogen-bond acceptors (Lipinski definition) is 2. The van der Waals surface area contributed by atoms with E-state index in [9.17, 15) is 0 Å². The Kier molecular flexibility index (Phi) is 7.06. The summed E-state index contributed by atoms with van der Waals surface area (Å²) < 4.78 is 0. The van der Waals surface area contributed by atoms with Crippen LogP contribution in [0.4, 0.5) is 0 Å². The van der Waals surface area contributed by atoms with Gasteiger partial charge in [-0.3, -0.25) is 0 Å². The summed E-state index contributed by atoms with van der Waals surface area (Å²) in [7, 11) is 0. The maximum Gasteiger partial charge on any atom is 0.00366 e. The van der Waals surface area contributed by atoms with Crippen LogP contribution >= 0.6 is 0 Å². The SMILES string of the molecule is CCCC1CCN(CCCC(N)CC)CC1. The minimum atomic E-state index is 0.428. The first kappa shape index (κ1) is 14.0. The van der Waals surface area contributed by atoms with Gasteiger partial charge in [0.2, 0.25) is 0 Å². The van der Waals surface area contributed by atoms with E-state index in [0.717, 1.165) is 12.3 Å². The Morgan fingerprint density at radius 3 is 2.50 bits per heavy atom. The van der Waals surface area contributed by atoms with Gasteiger partial charge < -0.3 is 10.6 Å². The molecule has 1 heterocycles. The first-order valence-electron chi connectivity index (χ1n) is 7.24. The second kappa shape index (κ2) is 8.08. The van der Waals surface area contributed by atoms with Crippen LogP contribution in [0.3, 0.4) is 0 Å². The van der Waals surface area contributed by atoms with Crippen molar-refractivity contribution < 1.29 is 0 Å². The molecule has 0 aliphatic carbocycles. The van der Waals surface area contributed by atoms with E-state index in [4.69, 9.17) is 5.73 Å². The van der Waals surface area contributed by atoms with Gasteiger partial charge in [-0.25, -0.2) is 0 Å². The summed E-state index contributed by atoms with van der Waals surface area (Å²) >= 11 is 0. The lowest BCUT2D eigenvalue weighted by molar-refractivity contribution is 0.175. The Balaban J connectivity index is 2.03. The van der Waals surface area contributed by atoms with Crippen LogP contribution in [-0.4, -0.2) is 30.6 Å². The lowest BCUT2D eigenvalue weighted by Gasteiger charge is -2.32. The average Bonchev–Trinajstić information content (AvgIpc) is 2.31. The zero-order valence-corrected chi connectivity index (χ0v) is 11.3. The van der Waals surface area contributed by atoms with Gasteiger partial charge in [-0.1, -0.05) is 26.7 Å². The topological polar surface area (TPSA) is 29.3 Å². The molecule has 1 aliphatic rings. The number of nitrogens with zero attached hydrogens (tertiary/aromatic N) is 1. The Labute approximate surface area is 102 Å². The molecule has 0 amide bonds. The predicted octanol–water partition coefficient (Wildman–Crippen LogP) is 3.02. The highest BCUT2D eigenvalue weighted by molar-refractivity contribution is 4.72. The van der Waals surface area contributed by atoms with Crippen LogP contribution in [0.2, 0.25) is 0 Å². The van der Waals surface area contributed by atoms with Gasteiger partial charge in [-0.2, -0.15) is 0 Å². The maximum absolute atomic E-state index is 5.93. The lowest BCUT2D eigenvalue weighted by atomic mass is 9.92. The fourth-order valence-corrected chi connectivity index (χ4v) is 2.69. The highest BCUT2D eigenvalue weighted by Crippen LogP contribution is 2.21. The van der Waals surface area contributed by atoms with Crippen molar-refractivity contribution in [1.29, 1.82) is 0 Å². The van der Waals surface area contributed by atoms with Crippen molar-refractivity contribution in [2.75, 3.05) is 19.6 Å². The van der Waals surface area contributed by atoms with Crippen LogP contribution < -0.4 is 5.73 Å². The summed E-state index contributed by atoms with van der Waals surface area (Å²) in [5.74, 6) is 1.01. The zero-order valence-electron chi connectivity index (χ0n) is 11.3. The minimum Gasteiger partial charge on any atom is -0.328 e. The van der Waals surface area contributed by atoms with Gasteiger partial charge in [-0.05, 0) is 57.7 Å². The van der Waals surface area contributed by atoms with Crippen LogP contribution in [0.1, 0.15) is 58.8 Å². The molecule has 2 nitrogen and oxygen atoms in total. The van der Waals surface area contributed by atoms with E-state index < -0.39 is 0 Å². The third-order valence-corrected chi connectivity index (χ3v) is 3.98. The number of nitrogens with two attached hydrogens (primary N) is 1. The van der Waals surface area contributed by atoms with E-state index in [0.29, 0.717) is 6.04 Å². The summed E-state index contributed by atoms with van der Waals surface area (Å²) in [5.41, 5.74) is 5.93. The van der Waals surface area contributed by atoms with Crippen LogP contribution in [0.5, 0.6) is 0 Å². The van der Waals surface area contributed by atoms with Crippen molar-refractivity contribution in [1.82, 2.24) is 4.90 Å². The molecule has 0 spiro atoms. The molecule has 2 N–H and O–H groups in total. The van der Waals surface area contributed by atoms with Crippen molar-refractivity contribution in [3.05, 3.63) is 0 Å². The Morgan fingerprint density at radius 1 is 1.25 bits per heavy atom. The fraction of sp³-hybridized carbons (Fsp3) is 1.00. The van der Waals surface area contributed by atoms with Gasteiger partial charge in [0, 0.05) is 6.04 Å². The Hall–Kier alpha value is -0.0800. The molecule has 0 aromatic carbocycles. The molecular formula is C14H30N2. The van der Waals surface area contributed by atoms with Gasteiger partial charge in [0.1, 0.15) is 0 Å². The molecule has 0 radical (unpaired) electrons. The molecule has 1 aliphatic heterocycles. The highest BCUT2D eigenvalue weighted by atomic mass is 15.1. The van der Waals surface area contributed by atoms with Gasteiger partial charge in [0.25, 0.3) is 0 Å². The molecular weight excluding hydrogens is 196 g/mol. The van der Waals surface area contributed by atoms with Gasteiger partial charge in [0.05, 0.1) is 0 Å². The lowest BCUT2D eigenvalue weighted by Crippen LogP contribution is -2.35. The van der Waals surface area contributed by atoms with E-state index >= 15 is 0 Å². The first-order valence-corrected chi connectivity index (χ1v) is 7.24. The van der Waals surface area contributed by atoms with Crippen LogP contribution in [0, 0.1) is 5.92 Å². The largest absolute Gasteiger partial charge is 0.328 e. The van der Waals surface area contributed by atoms with Crippen molar-refractivity contribution in [2.24, 2.45) is 11.7 Å². The summed E-state index contributed by atoms with van der Waals surface area (Å²) in [5, 5.41) is 0. The van der Waals surface area contributed by atoms with Crippen molar-refractivity contribution in [2.45, 2.75) is 64.8 Å². The second-order valence-corrected chi connectivity index (χ2v) is 5.38. The first-order chi connectivity index (χ1) is 7.76. The molecule has 0 aromatic rings. The molecule has 1 rings (SSSR count). The standard InChI is InChI=1S/C14H30N2/c1-3-6-13-8-11-16(12-9-13)10-5-7-14(15)4-2/h13-14H,3-12,15H2,1-2H3. The highest BCUT2D eigenvalue weighted by Gasteiger charge is 2.17. The van der Waals surface area contributed by atoms with E-state index in [1.165, 1.54) is 58.2 Å². The second-order valence-electron chi connectivity index (χ2n) is 5.38. The number of likely N-dealkylation sites (tertiary alicyclic amines) is 1. The predicted molar refractivity (Wildman–Crippen MR) is 71.6 cm³/mol. The number of hydrogen-bond donors (Lipinski definition) is 1. The molecule has 0 bridgehead atoms.